The molecule has 0 radical (unpaired) electrons. The van der Waals surface area contributed by atoms with Crippen LogP contribution in [-0.4, -0.2) is 23.4 Å². The minimum atomic E-state index is 0.00582. The normalized spacial score (nSPS) is 27.8. The second-order valence-electron chi connectivity index (χ2n) is 5.70. The Morgan fingerprint density at radius 1 is 1.47 bits per heavy atom. The van der Waals surface area contributed by atoms with Gasteiger partial charge in [0.25, 0.3) is 0 Å². The largest absolute Gasteiger partial charge is 0.322 e. The van der Waals surface area contributed by atoms with Crippen LogP contribution in [0.1, 0.15) is 50.8 Å². The molecule has 1 aromatic rings. The van der Waals surface area contributed by atoms with Crippen molar-refractivity contribution < 1.29 is 4.79 Å². The Morgan fingerprint density at radius 3 is 2.89 bits per heavy atom. The van der Waals surface area contributed by atoms with Gasteiger partial charge in [-0.05, 0) is 41.1 Å². The van der Waals surface area contributed by atoms with Crippen LogP contribution >= 0.6 is 11.3 Å². The standard InChI is InChI=1S/C15H22N2OS/c1-2-13-15(18)17(8-6-11-4-3-5-11)14(16-13)12-7-9-19-10-12/h7,9-11,13-14,16H,2-6,8H2,1H3. The predicted octanol–water partition coefficient (Wildman–Crippen LogP) is 3.15. The predicted molar refractivity (Wildman–Crippen MR) is 77.9 cm³/mol. The third-order valence-corrected chi connectivity index (χ3v) is 5.22. The Bertz CT molecular complexity index is 427. The van der Waals surface area contributed by atoms with E-state index >= 15 is 0 Å². The number of hydrogen-bond donors (Lipinski definition) is 1. The summed E-state index contributed by atoms with van der Waals surface area (Å²) < 4.78 is 0. The lowest BCUT2D eigenvalue weighted by Gasteiger charge is -2.30. The zero-order valence-corrected chi connectivity index (χ0v) is 12.3. The van der Waals surface area contributed by atoms with E-state index in [2.05, 4.69) is 34.0 Å². The number of thiophene rings is 1. The van der Waals surface area contributed by atoms with Crippen LogP contribution in [0.25, 0.3) is 0 Å². The number of carbonyl (C=O) groups is 1. The number of nitrogens with one attached hydrogen (secondary N) is 1. The van der Waals surface area contributed by atoms with Crippen LogP contribution in [-0.2, 0) is 4.79 Å². The van der Waals surface area contributed by atoms with Gasteiger partial charge in [-0.25, -0.2) is 0 Å². The molecule has 1 aliphatic carbocycles. The van der Waals surface area contributed by atoms with E-state index in [9.17, 15) is 4.79 Å². The van der Waals surface area contributed by atoms with Crippen LogP contribution in [0.15, 0.2) is 16.8 Å². The Morgan fingerprint density at radius 2 is 2.32 bits per heavy atom. The third kappa shape index (κ3) is 2.56. The monoisotopic (exact) mass is 278 g/mol. The van der Waals surface area contributed by atoms with E-state index in [-0.39, 0.29) is 18.1 Å². The fourth-order valence-electron chi connectivity index (χ4n) is 3.02. The van der Waals surface area contributed by atoms with Gasteiger partial charge in [-0.1, -0.05) is 26.2 Å². The molecular formula is C15H22N2OS. The topological polar surface area (TPSA) is 32.3 Å². The summed E-state index contributed by atoms with van der Waals surface area (Å²) in [4.78, 5) is 14.5. The van der Waals surface area contributed by atoms with Crippen molar-refractivity contribution in [3.8, 4) is 0 Å². The van der Waals surface area contributed by atoms with Crippen molar-refractivity contribution in [1.82, 2.24) is 10.2 Å². The van der Waals surface area contributed by atoms with E-state index in [1.54, 1.807) is 11.3 Å². The summed E-state index contributed by atoms with van der Waals surface area (Å²) in [5.41, 5.74) is 1.24. The second kappa shape index (κ2) is 5.63. The Labute approximate surface area is 119 Å². The van der Waals surface area contributed by atoms with Gasteiger partial charge in [-0.15, -0.1) is 0 Å². The molecule has 0 aromatic carbocycles. The van der Waals surface area contributed by atoms with Gasteiger partial charge in [0.15, 0.2) is 0 Å². The Balaban J connectivity index is 1.70. The molecule has 1 amide bonds. The summed E-state index contributed by atoms with van der Waals surface area (Å²) in [5, 5.41) is 7.73. The first-order valence-electron chi connectivity index (χ1n) is 7.38. The summed E-state index contributed by atoms with van der Waals surface area (Å²) in [6.07, 6.45) is 6.24. The highest BCUT2D eigenvalue weighted by atomic mass is 32.1. The fourth-order valence-corrected chi connectivity index (χ4v) is 3.70. The van der Waals surface area contributed by atoms with Crippen molar-refractivity contribution in [3.63, 3.8) is 0 Å². The molecule has 0 spiro atoms. The zero-order chi connectivity index (χ0) is 13.2. The lowest BCUT2D eigenvalue weighted by Crippen LogP contribution is -2.33. The maximum Gasteiger partial charge on any atom is 0.241 e. The van der Waals surface area contributed by atoms with E-state index < -0.39 is 0 Å². The molecule has 3 rings (SSSR count). The van der Waals surface area contributed by atoms with Crippen LogP contribution in [0, 0.1) is 5.92 Å². The third-order valence-electron chi connectivity index (χ3n) is 4.52. The average Bonchev–Trinajstić information content (AvgIpc) is 2.96. The Kier molecular flexibility index (Phi) is 3.89. The van der Waals surface area contributed by atoms with E-state index in [4.69, 9.17) is 0 Å². The van der Waals surface area contributed by atoms with Crippen molar-refractivity contribution in [2.75, 3.05) is 6.54 Å². The fraction of sp³-hybridized carbons (Fsp3) is 0.667. The average molecular weight is 278 g/mol. The molecule has 2 aliphatic rings. The maximum absolute atomic E-state index is 12.4. The molecule has 1 N–H and O–H groups in total. The molecule has 2 fully saturated rings. The summed E-state index contributed by atoms with van der Waals surface area (Å²) in [7, 11) is 0. The summed E-state index contributed by atoms with van der Waals surface area (Å²) in [6, 6.07) is 2.13. The van der Waals surface area contributed by atoms with Crippen molar-refractivity contribution in [3.05, 3.63) is 22.4 Å². The zero-order valence-electron chi connectivity index (χ0n) is 11.5. The molecular weight excluding hydrogens is 256 g/mol. The number of nitrogens with zero attached hydrogens (tertiary/aromatic N) is 1. The first-order valence-corrected chi connectivity index (χ1v) is 8.32. The van der Waals surface area contributed by atoms with E-state index in [1.165, 1.54) is 31.2 Å². The minimum absolute atomic E-state index is 0.00582. The molecule has 104 valence electrons. The molecule has 1 aliphatic heterocycles. The molecule has 1 saturated heterocycles. The molecule has 1 saturated carbocycles. The molecule has 4 heteroatoms. The van der Waals surface area contributed by atoms with Crippen LogP contribution in [0.4, 0.5) is 0 Å². The first-order chi connectivity index (χ1) is 9.29. The van der Waals surface area contributed by atoms with Crippen molar-refractivity contribution in [2.24, 2.45) is 5.92 Å². The van der Waals surface area contributed by atoms with E-state index in [0.29, 0.717) is 0 Å². The molecule has 1 aromatic heterocycles. The van der Waals surface area contributed by atoms with Gasteiger partial charge in [-0.3, -0.25) is 10.1 Å². The molecule has 0 bridgehead atoms. The van der Waals surface area contributed by atoms with Gasteiger partial charge >= 0.3 is 0 Å². The van der Waals surface area contributed by atoms with Gasteiger partial charge in [0.05, 0.1) is 6.04 Å². The summed E-state index contributed by atoms with van der Waals surface area (Å²) in [6.45, 7) is 2.99. The lowest BCUT2D eigenvalue weighted by molar-refractivity contribution is -0.130. The molecule has 3 nitrogen and oxygen atoms in total. The SMILES string of the molecule is CCC1NC(c2ccsc2)N(CCC2CCC2)C1=O. The molecule has 2 atom stereocenters. The van der Waals surface area contributed by atoms with Gasteiger partial charge < -0.3 is 4.90 Å². The van der Waals surface area contributed by atoms with Gasteiger partial charge in [0.1, 0.15) is 6.17 Å². The molecule has 2 heterocycles. The minimum Gasteiger partial charge on any atom is -0.322 e. The van der Waals surface area contributed by atoms with Crippen molar-refractivity contribution in [2.45, 2.75) is 51.2 Å². The van der Waals surface area contributed by atoms with Gasteiger partial charge in [0, 0.05) is 6.54 Å². The lowest BCUT2D eigenvalue weighted by atomic mass is 9.83. The van der Waals surface area contributed by atoms with Crippen LogP contribution < -0.4 is 5.32 Å². The Hall–Kier alpha value is -0.870. The number of amides is 1. The van der Waals surface area contributed by atoms with Gasteiger partial charge in [0.2, 0.25) is 5.91 Å². The highest BCUT2D eigenvalue weighted by molar-refractivity contribution is 7.07. The summed E-state index contributed by atoms with van der Waals surface area (Å²) >= 11 is 1.70. The number of carbonyl (C=O) groups excluding carboxylic acids is 1. The van der Waals surface area contributed by atoms with Crippen molar-refractivity contribution in [1.29, 1.82) is 0 Å². The van der Waals surface area contributed by atoms with Crippen molar-refractivity contribution >= 4 is 17.2 Å². The molecule has 19 heavy (non-hydrogen) atoms. The highest BCUT2D eigenvalue weighted by Gasteiger charge is 2.38. The number of rotatable bonds is 5. The first kappa shape index (κ1) is 13.1. The highest BCUT2D eigenvalue weighted by Crippen LogP contribution is 2.33. The van der Waals surface area contributed by atoms with E-state index in [1.807, 2.05) is 0 Å². The van der Waals surface area contributed by atoms with Crippen LogP contribution in [0.5, 0.6) is 0 Å². The van der Waals surface area contributed by atoms with Crippen LogP contribution in [0.3, 0.4) is 0 Å². The van der Waals surface area contributed by atoms with Gasteiger partial charge in [-0.2, -0.15) is 11.3 Å². The smallest absolute Gasteiger partial charge is 0.241 e. The summed E-state index contributed by atoms with van der Waals surface area (Å²) in [5.74, 6) is 1.15. The second-order valence-corrected chi connectivity index (χ2v) is 6.48. The maximum atomic E-state index is 12.4. The molecule has 2 unspecified atom stereocenters. The van der Waals surface area contributed by atoms with E-state index in [0.717, 1.165) is 18.9 Å². The quantitative estimate of drug-likeness (QED) is 0.897. The van der Waals surface area contributed by atoms with Crippen LogP contribution in [0.2, 0.25) is 0 Å². The number of hydrogen-bond acceptors (Lipinski definition) is 3.